The summed E-state index contributed by atoms with van der Waals surface area (Å²) in [7, 11) is 0. The molecule has 5 nitrogen and oxygen atoms in total. The van der Waals surface area contributed by atoms with Gasteiger partial charge in [0.25, 0.3) is 5.91 Å². The predicted octanol–water partition coefficient (Wildman–Crippen LogP) is 2.21. The number of halogens is 1. The Balaban J connectivity index is 2.33. The summed E-state index contributed by atoms with van der Waals surface area (Å²) in [5.41, 5.74) is 7.00. The van der Waals surface area contributed by atoms with E-state index in [1.165, 1.54) is 0 Å². The molecular formula is C11H11ClN4O. The molecule has 0 radical (unpaired) electrons. The molecule has 2 aromatic rings. The molecule has 0 aliphatic carbocycles. The molecule has 6 heteroatoms. The molecule has 0 atom stereocenters. The molecule has 1 amide bonds. The second kappa shape index (κ2) is 4.47. The SMILES string of the molecule is Cc1[nH]nc(Nc2cccc(Cl)c2)c1C(N)=O. The minimum absolute atomic E-state index is 0.352. The first-order valence-electron chi connectivity index (χ1n) is 4.95. The fourth-order valence-corrected chi connectivity index (χ4v) is 1.71. The van der Waals surface area contributed by atoms with Gasteiger partial charge in [-0.15, -0.1) is 0 Å². The maximum atomic E-state index is 11.3. The molecule has 0 aliphatic rings. The molecular weight excluding hydrogens is 240 g/mol. The lowest BCUT2D eigenvalue weighted by molar-refractivity contribution is 0.100. The number of H-pyrrole nitrogens is 1. The number of aryl methyl sites for hydroxylation is 1. The Bertz CT molecular complexity index is 564. The van der Waals surface area contributed by atoms with Crippen molar-refractivity contribution >= 4 is 29.0 Å². The Morgan fingerprint density at radius 2 is 2.29 bits per heavy atom. The number of amides is 1. The van der Waals surface area contributed by atoms with Crippen LogP contribution in [0.1, 0.15) is 16.1 Å². The van der Waals surface area contributed by atoms with Crippen molar-refractivity contribution < 1.29 is 4.79 Å². The Morgan fingerprint density at radius 3 is 2.94 bits per heavy atom. The van der Waals surface area contributed by atoms with Crippen molar-refractivity contribution in [3.8, 4) is 0 Å². The van der Waals surface area contributed by atoms with E-state index in [4.69, 9.17) is 17.3 Å². The van der Waals surface area contributed by atoms with Crippen LogP contribution in [-0.2, 0) is 0 Å². The second-order valence-electron chi connectivity index (χ2n) is 3.57. The molecule has 17 heavy (non-hydrogen) atoms. The molecule has 0 bridgehead atoms. The molecule has 2 rings (SSSR count). The maximum absolute atomic E-state index is 11.3. The minimum Gasteiger partial charge on any atom is -0.365 e. The fourth-order valence-electron chi connectivity index (χ4n) is 1.52. The van der Waals surface area contributed by atoms with Gasteiger partial charge in [-0.1, -0.05) is 17.7 Å². The van der Waals surface area contributed by atoms with E-state index in [1.54, 1.807) is 25.1 Å². The summed E-state index contributed by atoms with van der Waals surface area (Å²) in [6.07, 6.45) is 0. The predicted molar refractivity (Wildman–Crippen MR) is 66.6 cm³/mol. The number of hydrogen-bond donors (Lipinski definition) is 3. The van der Waals surface area contributed by atoms with Crippen LogP contribution in [-0.4, -0.2) is 16.1 Å². The van der Waals surface area contributed by atoms with Crippen LogP contribution in [0.5, 0.6) is 0 Å². The number of benzene rings is 1. The highest BCUT2D eigenvalue weighted by atomic mass is 35.5. The van der Waals surface area contributed by atoms with Crippen molar-refractivity contribution in [3.05, 3.63) is 40.5 Å². The highest BCUT2D eigenvalue weighted by Crippen LogP contribution is 2.22. The number of rotatable bonds is 3. The van der Waals surface area contributed by atoms with Gasteiger partial charge in [-0.3, -0.25) is 9.89 Å². The number of carbonyl (C=O) groups excluding carboxylic acids is 1. The highest BCUT2D eigenvalue weighted by Gasteiger charge is 2.15. The van der Waals surface area contributed by atoms with Crippen molar-refractivity contribution in [2.45, 2.75) is 6.92 Å². The highest BCUT2D eigenvalue weighted by molar-refractivity contribution is 6.30. The Hall–Kier alpha value is -2.01. The largest absolute Gasteiger partial charge is 0.365 e. The fraction of sp³-hybridized carbons (Fsp3) is 0.0909. The van der Waals surface area contributed by atoms with E-state index in [1.807, 2.05) is 6.07 Å². The van der Waals surface area contributed by atoms with Gasteiger partial charge >= 0.3 is 0 Å². The van der Waals surface area contributed by atoms with E-state index in [0.717, 1.165) is 5.69 Å². The molecule has 0 spiro atoms. The van der Waals surface area contributed by atoms with Crippen molar-refractivity contribution in [1.82, 2.24) is 10.2 Å². The summed E-state index contributed by atoms with van der Waals surface area (Å²) in [5, 5.41) is 10.3. The summed E-state index contributed by atoms with van der Waals surface area (Å²) >= 11 is 5.86. The van der Waals surface area contributed by atoms with Gasteiger partial charge in [0.1, 0.15) is 5.56 Å². The molecule has 88 valence electrons. The summed E-state index contributed by atoms with van der Waals surface area (Å²) < 4.78 is 0. The Kier molecular flexibility index (Phi) is 3.01. The quantitative estimate of drug-likeness (QED) is 0.781. The number of nitrogens with two attached hydrogens (primary N) is 1. The number of anilines is 2. The molecule has 0 saturated heterocycles. The molecule has 0 saturated carbocycles. The summed E-state index contributed by atoms with van der Waals surface area (Å²) in [4.78, 5) is 11.3. The normalized spacial score (nSPS) is 10.2. The first-order valence-corrected chi connectivity index (χ1v) is 5.33. The van der Waals surface area contributed by atoms with Crippen molar-refractivity contribution in [3.63, 3.8) is 0 Å². The number of nitrogens with zero attached hydrogens (tertiary/aromatic N) is 1. The third kappa shape index (κ3) is 2.39. The smallest absolute Gasteiger partial charge is 0.254 e. The molecule has 0 aliphatic heterocycles. The minimum atomic E-state index is -0.527. The molecule has 4 N–H and O–H groups in total. The van der Waals surface area contributed by atoms with Gasteiger partial charge in [0, 0.05) is 16.4 Å². The summed E-state index contributed by atoms with van der Waals surface area (Å²) in [5.74, 6) is -0.127. The monoisotopic (exact) mass is 250 g/mol. The van der Waals surface area contributed by atoms with Crippen molar-refractivity contribution in [2.24, 2.45) is 5.73 Å². The van der Waals surface area contributed by atoms with Crippen LogP contribution >= 0.6 is 11.6 Å². The van der Waals surface area contributed by atoms with Gasteiger partial charge in [0.15, 0.2) is 5.82 Å². The molecule has 0 fully saturated rings. The first kappa shape index (κ1) is 11.5. The van der Waals surface area contributed by atoms with Crippen molar-refractivity contribution in [1.29, 1.82) is 0 Å². The van der Waals surface area contributed by atoms with E-state index in [9.17, 15) is 4.79 Å². The number of carbonyl (C=O) groups is 1. The van der Waals surface area contributed by atoms with Crippen LogP contribution in [0.15, 0.2) is 24.3 Å². The lowest BCUT2D eigenvalue weighted by atomic mass is 10.2. The first-order chi connectivity index (χ1) is 8.08. The molecule has 1 heterocycles. The van der Waals surface area contributed by atoms with Gasteiger partial charge in [0.2, 0.25) is 0 Å². The third-order valence-electron chi connectivity index (χ3n) is 2.28. The average molecular weight is 251 g/mol. The zero-order valence-corrected chi connectivity index (χ0v) is 9.88. The standard InChI is InChI=1S/C11H11ClN4O/c1-6-9(10(13)17)11(16-15-6)14-8-4-2-3-7(12)5-8/h2-5H,1H3,(H2,13,17)(H2,14,15,16). The Labute approximate surface area is 103 Å². The second-order valence-corrected chi connectivity index (χ2v) is 4.01. The van der Waals surface area contributed by atoms with Crippen molar-refractivity contribution in [2.75, 3.05) is 5.32 Å². The van der Waals surface area contributed by atoms with Gasteiger partial charge in [-0.05, 0) is 25.1 Å². The lowest BCUT2D eigenvalue weighted by Crippen LogP contribution is -2.13. The topological polar surface area (TPSA) is 83.8 Å². The van der Waals surface area contributed by atoms with E-state index in [0.29, 0.717) is 22.1 Å². The summed E-state index contributed by atoms with van der Waals surface area (Å²) in [6, 6.07) is 7.11. The van der Waals surface area contributed by atoms with Gasteiger partial charge in [-0.2, -0.15) is 5.10 Å². The third-order valence-corrected chi connectivity index (χ3v) is 2.52. The van der Waals surface area contributed by atoms with Crippen LogP contribution in [0.4, 0.5) is 11.5 Å². The number of primary amides is 1. The number of nitrogens with one attached hydrogen (secondary N) is 2. The zero-order chi connectivity index (χ0) is 12.4. The molecule has 1 aromatic carbocycles. The summed E-state index contributed by atoms with van der Waals surface area (Å²) in [6.45, 7) is 1.73. The maximum Gasteiger partial charge on any atom is 0.254 e. The number of hydrogen-bond acceptors (Lipinski definition) is 3. The van der Waals surface area contributed by atoms with Crippen LogP contribution in [0.25, 0.3) is 0 Å². The van der Waals surface area contributed by atoms with Crippen LogP contribution in [0.2, 0.25) is 5.02 Å². The molecule has 0 unspecified atom stereocenters. The van der Waals surface area contributed by atoms with Gasteiger partial charge in [0.05, 0.1) is 0 Å². The van der Waals surface area contributed by atoms with Crippen LogP contribution in [0, 0.1) is 6.92 Å². The Morgan fingerprint density at radius 1 is 1.53 bits per heavy atom. The van der Waals surface area contributed by atoms with E-state index < -0.39 is 5.91 Å². The zero-order valence-electron chi connectivity index (χ0n) is 9.12. The van der Waals surface area contributed by atoms with Gasteiger partial charge < -0.3 is 11.1 Å². The van der Waals surface area contributed by atoms with Crippen LogP contribution < -0.4 is 11.1 Å². The lowest BCUT2D eigenvalue weighted by Gasteiger charge is -2.04. The van der Waals surface area contributed by atoms with E-state index >= 15 is 0 Å². The van der Waals surface area contributed by atoms with E-state index in [-0.39, 0.29) is 0 Å². The average Bonchev–Trinajstić information content (AvgIpc) is 2.59. The number of aromatic amines is 1. The van der Waals surface area contributed by atoms with E-state index in [2.05, 4.69) is 15.5 Å². The van der Waals surface area contributed by atoms with Crippen LogP contribution in [0.3, 0.4) is 0 Å². The number of aromatic nitrogens is 2. The van der Waals surface area contributed by atoms with Gasteiger partial charge in [-0.25, -0.2) is 0 Å². The molecule has 1 aromatic heterocycles.